The molecule has 0 nitrogen and oxygen atoms in total. The van der Waals surface area contributed by atoms with Crippen molar-refractivity contribution in [2.75, 3.05) is 0 Å². The van der Waals surface area contributed by atoms with Gasteiger partial charge in [0.25, 0.3) is 0 Å². The van der Waals surface area contributed by atoms with Crippen molar-refractivity contribution in [1.82, 2.24) is 0 Å². The van der Waals surface area contributed by atoms with Crippen molar-refractivity contribution in [2.45, 2.75) is 31.6 Å². The van der Waals surface area contributed by atoms with E-state index in [-0.39, 0.29) is 16.4 Å². The van der Waals surface area contributed by atoms with Crippen molar-refractivity contribution in [3.63, 3.8) is 0 Å². The molecule has 88 valence electrons. The maximum Gasteiger partial charge on any atom is 0.143 e. The lowest BCUT2D eigenvalue weighted by atomic mass is 9.93. The Hall–Kier alpha value is -0.150. The average Bonchev–Trinajstić information content (AvgIpc) is 3.00. The minimum atomic E-state index is -0.497. The zero-order valence-electron chi connectivity index (χ0n) is 8.87. The number of hydrogen-bond acceptors (Lipinski definition) is 0. The van der Waals surface area contributed by atoms with Crippen molar-refractivity contribution in [3.05, 3.63) is 33.8 Å². The highest BCUT2D eigenvalue weighted by Gasteiger charge is 2.47. The van der Waals surface area contributed by atoms with E-state index in [1.807, 2.05) is 6.92 Å². The molecule has 0 radical (unpaired) electrons. The Kier molecular flexibility index (Phi) is 3.28. The molecule has 0 spiro atoms. The highest BCUT2D eigenvalue weighted by Crippen LogP contribution is 2.53. The van der Waals surface area contributed by atoms with Gasteiger partial charge in [-0.1, -0.05) is 0 Å². The molecule has 0 aliphatic heterocycles. The van der Waals surface area contributed by atoms with Crippen LogP contribution in [0.4, 0.5) is 8.78 Å². The fourth-order valence-electron chi connectivity index (χ4n) is 1.96. The molecule has 16 heavy (non-hydrogen) atoms. The fourth-order valence-corrected chi connectivity index (χ4v) is 2.63. The van der Waals surface area contributed by atoms with Crippen molar-refractivity contribution < 1.29 is 8.78 Å². The molecule has 1 aromatic carbocycles. The first-order valence-corrected chi connectivity index (χ1v) is 6.46. The van der Waals surface area contributed by atoms with Crippen LogP contribution in [-0.2, 0) is 6.42 Å². The van der Waals surface area contributed by atoms with Crippen molar-refractivity contribution in [1.29, 1.82) is 0 Å². The largest absolute Gasteiger partial charge is 0.207 e. The third kappa shape index (κ3) is 2.12. The summed E-state index contributed by atoms with van der Waals surface area (Å²) in [6.07, 6.45) is 2.28. The Labute approximate surface area is 107 Å². The number of hydrogen-bond donors (Lipinski definition) is 0. The monoisotopic (exact) mass is 308 g/mol. The summed E-state index contributed by atoms with van der Waals surface area (Å²) in [4.78, 5) is 0. The van der Waals surface area contributed by atoms with E-state index in [9.17, 15) is 8.78 Å². The third-order valence-corrected chi connectivity index (χ3v) is 4.48. The van der Waals surface area contributed by atoms with E-state index in [0.717, 1.165) is 12.8 Å². The molecule has 1 atom stereocenters. The topological polar surface area (TPSA) is 0 Å². The Morgan fingerprint density at radius 2 is 2.06 bits per heavy atom. The predicted octanol–water partition coefficient (Wildman–Crippen LogP) is 4.68. The molecule has 0 heterocycles. The molecule has 0 bridgehead atoms. The molecule has 1 aromatic rings. The van der Waals surface area contributed by atoms with E-state index in [2.05, 4.69) is 15.9 Å². The second-order valence-corrected chi connectivity index (χ2v) is 5.99. The minimum absolute atomic E-state index is 0.0507. The standard InChI is InChI=1S/C12H12BrClF2/c1-7(14)12(4-5-12)6-8-10(15)3-2-9(13)11(8)16/h2-3,7H,4-6H2,1H3. The van der Waals surface area contributed by atoms with E-state index < -0.39 is 11.6 Å². The number of benzene rings is 1. The Balaban J connectivity index is 2.31. The first kappa shape index (κ1) is 12.3. The molecule has 1 aliphatic carbocycles. The van der Waals surface area contributed by atoms with Gasteiger partial charge in [0.1, 0.15) is 11.6 Å². The Bertz CT molecular complexity index is 414. The lowest BCUT2D eigenvalue weighted by Crippen LogP contribution is -2.17. The van der Waals surface area contributed by atoms with E-state index in [4.69, 9.17) is 11.6 Å². The summed E-state index contributed by atoms with van der Waals surface area (Å²) in [5.74, 6) is -0.979. The van der Waals surface area contributed by atoms with Gasteiger partial charge in [-0.3, -0.25) is 0 Å². The minimum Gasteiger partial charge on any atom is -0.207 e. The van der Waals surface area contributed by atoms with Crippen LogP contribution in [0.3, 0.4) is 0 Å². The van der Waals surface area contributed by atoms with Gasteiger partial charge in [0, 0.05) is 10.9 Å². The van der Waals surface area contributed by atoms with Gasteiger partial charge in [-0.25, -0.2) is 8.78 Å². The first-order chi connectivity index (χ1) is 7.46. The smallest absolute Gasteiger partial charge is 0.143 e. The van der Waals surface area contributed by atoms with Crippen molar-refractivity contribution >= 4 is 27.5 Å². The zero-order valence-corrected chi connectivity index (χ0v) is 11.2. The molecule has 4 heteroatoms. The molecule has 1 saturated carbocycles. The van der Waals surface area contributed by atoms with Gasteiger partial charge in [0.2, 0.25) is 0 Å². The van der Waals surface area contributed by atoms with Crippen LogP contribution in [0.2, 0.25) is 0 Å². The second kappa shape index (κ2) is 4.26. The van der Waals surface area contributed by atoms with E-state index in [0.29, 0.717) is 10.9 Å². The number of halogens is 4. The predicted molar refractivity (Wildman–Crippen MR) is 64.7 cm³/mol. The number of rotatable bonds is 3. The second-order valence-electron chi connectivity index (χ2n) is 4.48. The molecule has 0 saturated heterocycles. The molecular formula is C12H12BrClF2. The maximum absolute atomic E-state index is 13.8. The van der Waals surface area contributed by atoms with Crippen LogP contribution in [-0.4, -0.2) is 5.38 Å². The summed E-state index contributed by atoms with van der Waals surface area (Å²) in [7, 11) is 0. The summed E-state index contributed by atoms with van der Waals surface area (Å²) in [5, 5.41) is -0.0507. The molecule has 0 N–H and O–H groups in total. The lowest BCUT2D eigenvalue weighted by Gasteiger charge is -2.18. The Morgan fingerprint density at radius 3 is 2.56 bits per heavy atom. The van der Waals surface area contributed by atoms with Gasteiger partial charge in [0.15, 0.2) is 0 Å². The lowest BCUT2D eigenvalue weighted by molar-refractivity contribution is 0.457. The van der Waals surface area contributed by atoms with Crippen LogP contribution in [0.5, 0.6) is 0 Å². The first-order valence-electron chi connectivity index (χ1n) is 5.23. The fraction of sp³-hybridized carbons (Fsp3) is 0.500. The van der Waals surface area contributed by atoms with Crippen LogP contribution in [0.1, 0.15) is 25.3 Å². The molecular weight excluding hydrogens is 297 g/mol. The molecule has 0 amide bonds. The van der Waals surface area contributed by atoms with Gasteiger partial charge in [-0.15, -0.1) is 11.6 Å². The summed E-state index contributed by atoms with van der Waals surface area (Å²) < 4.78 is 27.6. The van der Waals surface area contributed by atoms with Crippen LogP contribution < -0.4 is 0 Å². The van der Waals surface area contributed by atoms with E-state index >= 15 is 0 Å². The summed E-state index contributed by atoms with van der Waals surface area (Å²) in [6.45, 7) is 1.89. The highest BCUT2D eigenvalue weighted by molar-refractivity contribution is 9.10. The van der Waals surface area contributed by atoms with Crippen LogP contribution in [0.15, 0.2) is 16.6 Å². The van der Waals surface area contributed by atoms with Crippen molar-refractivity contribution in [2.24, 2.45) is 5.41 Å². The van der Waals surface area contributed by atoms with Gasteiger partial charge in [-0.2, -0.15) is 0 Å². The molecule has 1 unspecified atom stereocenters. The molecule has 0 aromatic heterocycles. The van der Waals surface area contributed by atoms with Crippen LogP contribution in [0, 0.1) is 17.0 Å². The molecule has 2 rings (SSSR count). The van der Waals surface area contributed by atoms with Gasteiger partial charge in [-0.05, 0) is 59.7 Å². The average molecular weight is 310 g/mol. The molecule has 1 fully saturated rings. The van der Waals surface area contributed by atoms with Crippen LogP contribution >= 0.6 is 27.5 Å². The van der Waals surface area contributed by atoms with Crippen molar-refractivity contribution in [3.8, 4) is 0 Å². The summed E-state index contributed by atoms with van der Waals surface area (Å²) in [6, 6.07) is 2.68. The molecule has 1 aliphatic rings. The van der Waals surface area contributed by atoms with E-state index in [1.165, 1.54) is 12.1 Å². The number of alkyl halides is 1. The zero-order chi connectivity index (χ0) is 11.9. The highest BCUT2D eigenvalue weighted by atomic mass is 79.9. The quantitative estimate of drug-likeness (QED) is 0.562. The maximum atomic E-state index is 13.8. The summed E-state index contributed by atoms with van der Waals surface area (Å²) >= 11 is 9.14. The van der Waals surface area contributed by atoms with Crippen LogP contribution in [0.25, 0.3) is 0 Å². The Morgan fingerprint density at radius 1 is 1.44 bits per heavy atom. The normalized spacial score (nSPS) is 19.6. The van der Waals surface area contributed by atoms with E-state index in [1.54, 1.807) is 0 Å². The SMILES string of the molecule is CC(Cl)C1(Cc2c(F)ccc(Br)c2F)CC1. The van der Waals surface area contributed by atoms with Gasteiger partial charge >= 0.3 is 0 Å². The summed E-state index contributed by atoms with van der Waals surface area (Å²) in [5.41, 5.74) is 0.0451. The van der Waals surface area contributed by atoms with Gasteiger partial charge in [0.05, 0.1) is 4.47 Å². The third-order valence-electron chi connectivity index (χ3n) is 3.40. The van der Waals surface area contributed by atoms with Gasteiger partial charge < -0.3 is 0 Å².